The van der Waals surface area contributed by atoms with Crippen LogP contribution in [0, 0.1) is 0 Å². The number of halogens is 8. The molecule has 0 saturated heterocycles. The number of carbonyl (C=O) groups excluding carboxylic acids is 1. The van der Waals surface area contributed by atoms with Crippen molar-refractivity contribution in [3.05, 3.63) is 0 Å². The number of carbonyl (C=O) groups is 1. The predicted octanol–water partition coefficient (Wildman–Crippen LogP) is 2.48. The summed E-state index contributed by atoms with van der Waals surface area (Å²) >= 11 is 0. The second-order valence-electron chi connectivity index (χ2n) is 4.19. The number of alkyl halides is 7. The molecule has 0 rings (SSSR count). The Morgan fingerprint density at radius 1 is 0.950 bits per heavy atom. The Bertz CT molecular complexity index is 341. The molecular weight excluding hydrogens is 304 g/mol. The van der Waals surface area contributed by atoms with Crippen LogP contribution in [0.1, 0.15) is 6.42 Å². The lowest BCUT2D eigenvalue weighted by atomic mass is 10.1. The SMILES string of the molecule is CN(C)CCCN(F)C(=O)C(F)(F)C(F)(F)C(F)(F)F. The molecule has 0 aliphatic heterocycles. The monoisotopic (exact) mass is 316 g/mol. The minimum Gasteiger partial charge on any atom is -0.309 e. The maximum absolute atomic E-state index is 12.9. The molecule has 0 heterocycles. The largest absolute Gasteiger partial charge is 0.460 e. The van der Waals surface area contributed by atoms with Crippen molar-refractivity contribution in [1.82, 2.24) is 10.0 Å². The molecule has 3 nitrogen and oxygen atoms in total. The fourth-order valence-electron chi connectivity index (χ4n) is 1.09. The van der Waals surface area contributed by atoms with Gasteiger partial charge in [0.15, 0.2) is 0 Å². The van der Waals surface area contributed by atoms with Crippen LogP contribution in [0.15, 0.2) is 0 Å². The summed E-state index contributed by atoms with van der Waals surface area (Å²) < 4.78 is 98.9. The smallest absolute Gasteiger partial charge is 0.309 e. The van der Waals surface area contributed by atoms with Gasteiger partial charge in [0, 0.05) is 0 Å². The van der Waals surface area contributed by atoms with Gasteiger partial charge in [-0.2, -0.15) is 35.9 Å². The van der Waals surface area contributed by atoms with Crippen molar-refractivity contribution in [2.75, 3.05) is 27.2 Å². The van der Waals surface area contributed by atoms with Gasteiger partial charge < -0.3 is 4.90 Å². The molecule has 0 radical (unpaired) electrons. The van der Waals surface area contributed by atoms with Gasteiger partial charge in [-0.1, -0.05) is 4.48 Å². The number of nitrogens with zero attached hydrogens (tertiary/aromatic N) is 2. The quantitative estimate of drug-likeness (QED) is 0.555. The minimum atomic E-state index is -6.67. The van der Waals surface area contributed by atoms with Gasteiger partial charge in [-0.05, 0) is 27.1 Å². The Kier molecular flexibility index (Phi) is 5.76. The average molecular weight is 316 g/mol. The zero-order valence-corrected chi connectivity index (χ0v) is 10.4. The van der Waals surface area contributed by atoms with E-state index in [0.717, 1.165) is 0 Å². The van der Waals surface area contributed by atoms with Crippen LogP contribution in [0.5, 0.6) is 0 Å². The highest BCUT2D eigenvalue weighted by Gasteiger charge is 2.77. The van der Waals surface area contributed by atoms with Crippen molar-refractivity contribution in [2.24, 2.45) is 0 Å². The van der Waals surface area contributed by atoms with Crippen LogP contribution in [-0.4, -0.2) is 61.1 Å². The molecule has 0 aromatic heterocycles. The van der Waals surface area contributed by atoms with Crippen LogP contribution in [-0.2, 0) is 4.79 Å². The molecule has 0 spiro atoms. The van der Waals surface area contributed by atoms with Crippen LogP contribution in [0.25, 0.3) is 0 Å². The van der Waals surface area contributed by atoms with Gasteiger partial charge in [0.05, 0.1) is 6.54 Å². The molecule has 0 atom stereocenters. The summed E-state index contributed by atoms with van der Waals surface area (Å²) in [7, 11) is 3.05. The Balaban J connectivity index is 4.90. The standard InChI is InChI=1S/C9H12F8N2O/c1-18(2)4-3-5-19(17)6(20)7(10,11)8(12,13)9(14,15)16/h3-5H2,1-2H3. The van der Waals surface area contributed by atoms with Crippen molar-refractivity contribution in [2.45, 2.75) is 24.4 Å². The number of hydrogen-bond acceptors (Lipinski definition) is 2. The summed E-state index contributed by atoms with van der Waals surface area (Å²) in [6, 6.07) is 0. The summed E-state index contributed by atoms with van der Waals surface area (Å²) in [6.07, 6.45) is -6.89. The van der Waals surface area contributed by atoms with E-state index < -0.39 is 35.6 Å². The summed E-state index contributed by atoms with van der Waals surface area (Å²) in [4.78, 5) is 12.2. The molecule has 0 aliphatic carbocycles. The van der Waals surface area contributed by atoms with Crippen LogP contribution in [0.2, 0.25) is 0 Å². The van der Waals surface area contributed by atoms with E-state index >= 15 is 0 Å². The van der Waals surface area contributed by atoms with Gasteiger partial charge in [-0.3, -0.25) is 4.79 Å². The topological polar surface area (TPSA) is 23.6 Å². The van der Waals surface area contributed by atoms with E-state index in [4.69, 9.17) is 0 Å². The highest BCUT2D eigenvalue weighted by atomic mass is 19.4. The van der Waals surface area contributed by atoms with Crippen LogP contribution in [0.4, 0.5) is 35.2 Å². The summed E-state index contributed by atoms with van der Waals surface area (Å²) in [5.41, 5.74) is 0. The molecule has 0 aromatic rings. The molecule has 0 aromatic carbocycles. The Morgan fingerprint density at radius 2 is 1.40 bits per heavy atom. The molecule has 1 amide bonds. The first-order valence-corrected chi connectivity index (χ1v) is 5.20. The van der Waals surface area contributed by atoms with Gasteiger partial charge in [0.2, 0.25) is 0 Å². The molecule has 0 N–H and O–H groups in total. The lowest BCUT2D eigenvalue weighted by molar-refractivity contribution is -0.347. The molecule has 0 fully saturated rings. The zero-order chi connectivity index (χ0) is 16.4. The maximum atomic E-state index is 12.9. The van der Waals surface area contributed by atoms with Crippen LogP contribution < -0.4 is 0 Å². The summed E-state index contributed by atoms with van der Waals surface area (Å²) in [5.74, 6) is -16.1. The van der Waals surface area contributed by atoms with E-state index in [-0.39, 0.29) is 13.0 Å². The molecule has 11 heteroatoms. The van der Waals surface area contributed by atoms with Gasteiger partial charge in [0.25, 0.3) is 0 Å². The van der Waals surface area contributed by atoms with Crippen molar-refractivity contribution in [1.29, 1.82) is 0 Å². The van der Waals surface area contributed by atoms with Gasteiger partial charge >= 0.3 is 23.9 Å². The van der Waals surface area contributed by atoms with E-state index in [1.54, 1.807) is 0 Å². The van der Waals surface area contributed by atoms with Crippen molar-refractivity contribution in [3.63, 3.8) is 0 Å². The molecule has 0 saturated carbocycles. The van der Waals surface area contributed by atoms with Gasteiger partial charge in [0.1, 0.15) is 0 Å². The number of hydrogen-bond donors (Lipinski definition) is 0. The van der Waals surface area contributed by atoms with Crippen molar-refractivity contribution >= 4 is 5.91 Å². The predicted molar refractivity (Wildman–Crippen MR) is 51.9 cm³/mol. The van der Waals surface area contributed by atoms with E-state index in [2.05, 4.69) is 0 Å². The third-order valence-electron chi connectivity index (χ3n) is 2.20. The first-order valence-electron chi connectivity index (χ1n) is 5.20. The van der Waals surface area contributed by atoms with Crippen molar-refractivity contribution in [3.8, 4) is 0 Å². The lowest BCUT2D eigenvalue weighted by Crippen LogP contribution is -2.59. The third kappa shape index (κ3) is 3.93. The first kappa shape index (κ1) is 18.9. The van der Waals surface area contributed by atoms with Gasteiger partial charge in [-0.15, -0.1) is 0 Å². The molecule has 0 aliphatic rings. The Labute approximate surface area is 109 Å². The molecule has 120 valence electrons. The van der Waals surface area contributed by atoms with E-state index in [1.807, 2.05) is 0 Å². The number of amides is 1. The van der Waals surface area contributed by atoms with E-state index in [1.165, 1.54) is 19.0 Å². The van der Waals surface area contributed by atoms with Gasteiger partial charge in [-0.25, -0.2) is 0 Å². The summed E-state index contributed by atoms with van der Waals surface area (Å²) in [6.45, 7) is -0.907. The van der Waals surface area contributed by atoms with E-state index in [0.29, 0.717) is 0 Å². The second kappa shape index (κ2) is 6.10. The molecular formula is C9H12F8N2O. The minimum absolute atomic E-state index is 0.120. The zero-order valence-electron chi connectivity index (χ0n) is 10.4. The normalized spacial score (nSPS) is 13.8. The van der Waals surface area contributed by atoms with Crippen LogP contribution >= 0.6 is 0 Å². The average Bonchev–Trinajstić information content (AvgIpc) is 2.25. The maximum Gasteiger partial charge on any atom is 0.460 e. The first-order chi connectivity index (χ1) is 8.75. The Morgan fingerprint density at radius 3 is 1.75 bits per heavy atom. The van der Waals surface area contributed by atoms with Crippen molar-refractivity contribution < 1.29 is 40.0 Å². The fourth-order valence-corrected chi connectivity index (χ4v) is 1.09. The number of rotatable bonds is 6. The lowest BCUT2D eigenvalue weighted by Gasteiger charge is -2.28. The Hall–Kier alpha value is -1.13. The fraction of sp³-hybridized carbons (Fsp3) is 0.889. The second-order valence-corrected chi connectivity index (χ2v) is 4.19. The highest BCUT2D eigenvalue weighted by Crippen LogP contribution is 2.47. The molecule has 0 unspecified atom stereocenters. The highest BCUT2D eigenvalue weighted by molar-refractivity contribution is 5.83. The summed E-state index contributed by atoms with van der Waals surface area (Å²) in [5, 5.41) is -1.33. The molecule has 20 heavy (non-hydrogen) atoms. The third-order valence-corrected chi connectivity index (χ3v) is 2.20. The van der Waals surface area contributed by atoms with Crippen LogP contribution in [0.3, 0.4) is 0 Å². The van der Waals surface area contributed by atoms with E-state index in [9.17, 15) is 40.0 Å². The molecule has 0 bridgehead atoms.